The third kappa shape index (κ3) is 5.16. The van der Waals surface area contributed by atoms with Gasteiger partial charge in [-0.05, 0) is 6.92 Å². The maximum atomic E-state index is 11.9. The van der Waals surface area contributed by atoms with Gasteiger partial charge in [0.2, 0.25) is 10.0 Å². The SMILES string of the molecule is CC(C)NCC(C)S(=O)(=O)NCCn1ccnc1. The summed E-state index contributed by atoms with van der Waals surface area (Å²) in [5, 5.41) is 2.68. The van der Waals surface area contributed by atoms with Crippen molar-refractivity contribution in [2.45, 2.75) is 38.6 Å². The number of rotatable bonds is 8. The normalized spacial score (nSPS) is 14.0. The lowest BCUT2D eigenvalue weighted by Gasteiger charge is -2.16. The fourth-order valence-electron chi connectivity index (χ4n) is 1.39. The van der Waals surface area contributed by atoms with Gasteiger partial charge in [-0.25, -0.2) is 18.1 Å². The van der Waals surface area contributed by atoms with E-state index in [0.717, 1.165) is 0 Å². The molecule has 0 saturated carbocycles. The van der Waals surface area contributed by atoms with Crippen LogP contribution in [-0.4, -0.2) is 42.4 Å². The average molecular weight is 274 g/mol. The van der Waals surface area contributed by atoms with Crippen molar-refractivity contribution in [3.8, 4) is 0 Å². The molecule has 7 heteroatoms. The van der Waals surface area contributed by atoms with Gasteiger partial charge in [0.05, 0.1) is 11.6 Å². The summed E-state index contributed by atoms with van der Waals surface area (Å²) in [6.45, 7) is 7.11. The fourth-order valence-corrected chi connectivity index (χ4v) is 2.37. The minimum atomic E-state index is -3.26. The van der Waals surface area contributed by atoms with Crippen molar-refractivity contribution < 1.29 is 8.42 Å². The van der Waals surface area contributed by atoms with E-state index in [1.165, 1.54) is 0 Å². The molecular formula is C11H22N4O2S. The summed E-state index contributed by atoms with van der Waals surface area (Å²) in [6.07, 6.45) is 5.14. The minimum absolute atomic E-state index is 0.286. The Kier molecular flexibility index (Phi) is 5.77. The lowest BCUT2D eigenvalue weighted by atomic mass is 10.3. The Morgan fingerprint density at radius 2 is 2.06 bits per heavy atom. The fraction of sp³-hybridized carbons (Fsp3) is 0.727. The molecule has 0 aliphatic rings. The van der Waals surface area contributed by atoms with Crippen molar-refractivity contribution in [3.05, 3.63) is 18.7 Å². The Hall–Kier alpha value is -0.920. The minimum Gasteiger partial charge on any atom is -0.336 e. The second kappa shape index (κ2) is 6.86. The van der Waals surface area contributed by atoms with E-state index in [9.17, 15) is 8.42 Å². The van der Waals surface area contributed by atoms with Crippen LogP contribution in [0.2, 0.25) is 0 Å². The van der Waals surface area contributed by atoms with Gasteiger partial charge in [-0.3, -0.25) is 0 Å². The molecule has 0 fully saturated rings. The molecule has 0 aromatic carbocycles. The molecule has 0 radical (unpaired) electrons. The first-order valence-corrected chi connectivity index (χ1v) is 7.64. The monoisotopic (exact) mass is 274 g/mol. The Bertz CT molecular complexity index is 428. The lowest BCUT2D eigenvalue weighted by Crippen LogP contribution is -2.41. The highest BCUT2D eigenvalue weighted by atomic mass is 32.2. The maximum Gasteiger partial charge on any atom is 0.215 e. The van der Waals surface area contributed by atoms with E-state index in [2.05, 4.69) is 15.0 Å². The summed E-state index contributed by atoms with van der Waals surface area (Å²) < 4.78 is 28.2. The summed E-state index contributed by atoms with van der Waals surface area (Å²) in [5.41, 5.74) is 0. The summed E-state index contributed by atoms with van der Waals surface area (Å²) in [4.78, 5) is 3.90. The standard InChI is InChI=1S/C11H22N4O2S/c1-10(2)13-8-11(3)18(16,17)14-5-7-15-6-4-12-9-15/h4,6,9-11,13-14H,5,7-8H2,1-3H3. The van der Waals surface area contributed by atoms with Crippen molar-refractivity contribution in [2.24, 2.45) is 0 Å². The van der Waals surface area contributed by atoms with Crippen LogP contribution >= 0.6 is 0 Å². The predicted octanol–water partition coefficient (Wildman–Crippen LogP) is 0.189. The number of hydrogen-bond acceptors (Lipinski definition) is 4. The van der Waals surface area contributed by atoms with Gasteiger partial charge in [0.25, 0.3) is 0 Å². The number of nitrogens with one attached hydrogen (secondary N) is 2. The van der Waals surface area contributed by atoms with Crippen LogP contribution in [0.1, 0.15) is 20.8 Å². The zero-order chi connectivity index (χ0) is 13.6. The van der Waals surface area contributed by atoms with Crippen molar-refractivity contribution in [3.63, 3.8) is 0 Å². The molecule has 18 heavy (non-hydrogen) atoms. The van der Waals surface area contributed by atoms with E-state index in [1.54, 1.807) is 25.6 Å². The number of imidazole rings is 1. The first-order chi connectivity index (χ1) is 8.42. The zero-order valence-corrected chi connectivity index (χ0v) is 11.9. The third-order valence-corrected chi connectivity index (χ3v) is 4.41. The second-order valence-corrected chi connectivity index (χ2v) is 6.80. The van der Waals surface area contributed by atoms with Crippen molar-refractivity contribution in [2.75, 3.05) is 13.1 Å². The molecule has 1 atom stereocenters. The molecule has 0 saturated heterocycles. The summed E-state index contributed by atoms with van der Waals surface area (Å²) in [7, 11) is -3.26. The molecule has 1 aromatic rings. The smallest absolute Gasteiger partial charge is 0.215 e. The second-order valence-electron chi connectivity index (χ2n) is 4.61. The first-order valence-electron chi connectivity index (χ1n) is 6.09. The molecule has 1 aromatic heterocycles. The molecule has 1 rings (SSSR count). The van der Waals surface area contributed by atoms with Crippen LogP contribution in [0.15, 0.2) is 18.7 Å². The van der Waals surface area contributed by atoms with E-state index >= 15 is 0 Å². The Balaban J connectivity index is 2.34. The predicted molar refractivity (Wildman–Crippen MR) is 71.8 cm³/mol. The quantitative estimate of drug-likeness (QED) is 0.709. The number of hydrogen-bond donors (Lipinski definition) is 2. The number of sulfonamides is 1. The molecule has 1 unspecified atom stereocenters. The topological polar surface area (TPSA) is 76.0 Å². The number of aromatic nitrogens is 2. The van der Waals surface area contributed by atoms with E-state index in [0.29, 0.717) is 19.6 Å². The van der Waals surface area contributed by atoms with Crippen LogP contribution in [-0.2, 0) is 16.6 Å². The molecule has 6 nitrogen and oxygen atoms in total. The van der Waals surface area contributed by atoms with Gasteiger partial charge in [0.1, 0.15) is 0 Å². The van der Waals surface area contributed by atoms with E-state index < -0.39 is 15.3 Å². The first kappa shape index (κ1) is 15.1. The number of nitrogens with zero attached hydrogens (tertiary/aromatic N) is 2. The molecule has 0 aliphatic heterocycles. The summed E-state index contributed by atoms with van der Waals surface area (Å²) >= 11 is 0. The molecule has 0 amide bonds. The van der Waals surface area contributed by atoms with Gasteiger partial charge in [-0.15, -0.1) is 0 Å². The highest BCUT2D eigenvalue weighted by Crippen LogP contribution is 1.97. The van der Waals surface area contributed by atoms with E-state index in [4.69, 9.17) is 0 Å². The average Bonchev–Trinajstić information content (AvgIpc) is 2.78. The summed E-state index contributed by atoms with van der Waals surface area (Å²) in [6, 6.07) is 0.286. The van der Waals surface area contributed by atoms with Crippen LogP contribution in [0.3, 0.4) is 0 Å². The Labute approximate surface area is 109 Å². The zero-order valence-electron chi connectivity index (χ0n) is 11.1. The maximum absolute atomic E-state index is 11.9. The molecule has 104 valence electrons. The molecular weight excluding hydrogens is 252 g/mol. The van der Waals surface area contributed by atoms with Crippen LogP contribution in [0.25, 0.3) is 0 Å². The van der Waals surface area contributed by atoms with Gasteiger partial charge in [0.15, 0.2) is 0 Å². The van der Waals surface area contributed by atoms with Gasteiger partial charge in [-0.1, -0.05) is 13.8 Å². The summed E-state index contributed by atoms with van der Waals surface area (Å²) in [5.74, 6) is 0. The van der Waals surface area contributed by atoms with Gasteiger partial charge in [-0.2, -0.15) is 0 Å². The van der Waals surface area contributed by atoms with Crippen LogP contribution in [0.4, 0.5) is 0 Å². The van der Waals surface area contributed by atoms with E-state index in [-0.39, 0.29) is 6.04 Å². The lowest BCUT2D eigenvalue weighted by molar-refractivity contribution is 0.536. The van der Waals surface area contributed by atoms with Crippen LogP contribution in [0.5, 0.6) is 0 Å². The third-order valence-electron chi connectivity index (χ3n) is 2.58. The van der Waals surface area contributed by atoms with Crippen molar-refractivity contribution in [1.82, 2.24) is 19.6 Å². The molecule has 0 aliphatic carbocycles. The van der Waals surface area contributed by atoms with Crippen LogP contribution in [0, 0.1) is 0 Å². The largest absolute Gasteiger partial charge is 0.336 e. The highest BCUT2D eigenvalue weighted by Gasteiger charge is 2.19. The van der Waals surface area contributed by atoms with Crippen LogP contribution < -0.4 is 10.0 Å². The molecule has 1 heterocycles. The Morgan fingerprint density at radius 3 is 2.61 bits per heavy atom. The molecule has 0 spiro atoms. The van der Waals surface area contributed by atoms with Gasteiger partial charge in [0, 0.05) is 38.1 Å². The van der Waals surface area contributed by atoms with Gasteiger partial charge >= 0.3 is 0 Å². The van der Waals surface area contributed by atoms with Crippen molar-refractivity contribution >= 4 is 10.0 Å². The molecule has 2 N–H and O–H groups in total. The van der Waals surface area contributed by atoms with E-state index in [1.807, 2.05) is 18.4 Å². The Morgan fingerprint density at radius 1 is 1.33 bits per heavy atom. The molecule has 0 bridgehead atoms. The van der Waals surface area contributed by atoms with Gasteiger partial charge < -0.3 is 9.88 Å². The van der Waals surface area contributed by atoms with Crippen molar-refractivity contribution in [1.29, 1.82) is 0 Å². The highest BCUT2D eigenvalue weighted by molar-refractivity contribution is 7.90.